The summed E-state index contributed by atoms with van der Waals surface area (Å²) in [5, 5.41) is 5.69. The molecular formula is C16H31F3IN3O. The lowest BCUT2D eigenvalue weighted by molar-refractivity contribution is -0.132. The maximum atomic E-state index is 12.1. The zero-order valence-electron chi connectivity index (χ0n) is 14.5. The third-order valence-electron chi connectivity index (χ3n) is 3.94. The van der Waals surface area contributed by atoms with E-state index in [-0.39, 0.29) is 30.5 Å². The van der Waals surface area contributed by atoms with Gasteiger partial charge in [0.05, 0.1) is 12.5 Å². The van der Waals surface area contributed by atoms with Crippen molar-refractivity contribution >= 4 is 29.9 Å². The Morgan fingerprint density at radius 1 is 1.04 bits per heavy atom. The Morgan fingerprint density at radius 3 is 2.33 bits per heavy atom. The SMILES string of the molecule is CN=C(NCCCCCOC1CCCCC1)NCCC(F)(F)F.I. The van der Waals surface area contributed by atoms with E-state index >= 15 is 0 Å². The molecule has 0 saturated heterocycles. The highest BCUT2D eigenvalue weighted by Gasteiger charge is 2.26. The molecule has 4 nitrogen and oxygen atoms in total. The molecule has 1 saturated carbocycles. The molecule has 0 bridgehead atoms. The molecule has 0 spiro atoms. The van der Waals surface area contributed by atoms with Crippen LogP contribution in [0.15, 0.2) is 4.99 Å². The van der Waals surface area contributed by atoms with E-state index in [4.69, 9.17) is 4.74 Å². The molecule has 0 aromatic rings. The van der Waals surface area contributed by atoms with Crippen LogP contribution in [0.5, 0.6) is 0 Å². The molecule has 1 aliphatic carbocycles. The summed E-state index contributed by atoms with van der Waals surface area (Å²) in [5.41, 5.74) is 0. The van der Waals surface area contributed by atoms with Gasteiger partial charge < -0.3 is 15.4 Å². The molecule has 0 atom stereocenters. The Balaban J connectivity index is 0.00000529. The number of nitrogens with zero attached hydrogens (tertiary/aromatic N) is 1. The highest BCUT2D eigenvalue weighted by molar-refractivity contribution is 14.0. The van der Waals surface area contributed by atoms with Crippen molar-refractivity contribution in [2.75, 3.05) is 26.7 Å². The summed E-state index contributed by atoms with van der Waals surface area (Å²) in [7, 11) is 1.56. The van der Waals surface area contributed by atoms with Crippen LogP contribution >= 0.6 is 24.0 Å². The number of alkyl halides is 3. The first kappa shape index (κ1) is 23.8. The Hall–Kier alpha value is -0.250. The highest BCUT2D eigenvalue weighted by atomic mass is 127. The lowest BCUT2D eigenvalue weighted by atomic mass is 9.98. The summed E-state index contributed by atoms with van der Waals surface area (Å²) >= 11 is 0. The monoisotopic (exact) mass is 465 g/mol. The van der Waals surface area contributed by atoms with Gasteiger partial charge in [-0.25, -0.2) is 0 Å². The van der Waals surface area contributed by atoms with E-state index < -0.39 is 12.6 Å². The third-order valence-corrected chi connectivity index (χ3v) is 3.94. The van der Waals surface area contributed by atoms with Crippen molar-refractivity contribution in [3.8, 4) is 0 Å². The fourth-order valence-electron chi connectivity index (χ4n) is 2.64. The van der Waals surface area contributed by atoms with Crippen molar-refractivity contribution in [2.45, 2.75) is 70.1 Å². The van der Waals surface area contributed by atoms with Crippen molar-refractivity contribution in [1.82, 2.24) is 10.6 Å². The average molecular weight is 465 g/mol. The molecule has 0 heterocycles. The quantitative estimate of drug-likeness (QED) is 0.232. The number of unbranched alkanes of at least 4 members (excludes halogenated alkanes) is 2. The number of ether oxygens (including phenoxy) is 1. The molecular weight excluding hydrogens is 434 g/mol. The lowest BCUT2D eigenvalue weighted by Gasteiger charge is -2.21. The predicted molar refractivity (Wildman–Crippen MR) is 102 cm³/mol. The van der Waals surface area contributed by atoms with Gasteiger partial charge in [-0.15, -0.1) is 24.0 Å². The van der Waals surface area contributed by atoms with Crippen LogP contribution in [0.2, 0.25) is 0 Å². The maximum Gasteiger partial charge on any atom is 0.390 e. The molecule has 0 aromatic carbocycles. The molecule has 24 heavy (non-hydrogen) atoms. The minimum atomic E-state index is -4.13. The van der Waals surface area contributed by atoms with Crippen LogP contribution in [-0.4, -0.2) is 45.0 Å². The molecule has 2 N–H and O–H groups in total. The van der Waals surface area contributed by atoms with Gasteiger partial charge in [0.2, 0.25) is 0 Å². The fraction of sp³-hybridized carbons (Fsp3) is 0.938. The molecule has 1 fully saturated rings. The van der Waals surface area contributed by atoms with Gasteiger partial charge in [-0.05, 0) is 32.1 Å². The zero-order valence-corrected chi connectivity index (χ0v) is 16.8. The molecule has 0 radical (unpaired) electrons. The summed E-state index contributed by atoms with van der Waals surface area (Å²) in [4.78, 5) is 3.91. The Morgan fingerprint density at radius 2 is 1.71 bits per heavy atom. The van der Waals surface area contributed by atoms with Crippen LogP contribution < -0.4 is 10.6 Å². The minimum Gasteiger partial charge on any atom is -0.378 e. The molecule has 1 aliphatic rings. The number of aliphatic imine (C=N–C) groups is 1. The first-order valence-electron chi connectivity index (χ1n) is 8.64. The second-order valence-corrected chi connectivity index (χ2v) is 5.98. The zero-order chi connectivity index (χ0) is 17.0. The smallest absolute Gasteiger partial charge is 0.378 e. The largest absolute Gasteiger partial charge is 0.390 e. The van der Waals surface area contributed by atoms with Gasteiger partial charge in [-0.1, -0.05) is 19.3 Å². The third kappa shape index (κ3) is 13.1. The van der Waals surface area contributed by atoms with Crippen molar-refractivity contribution in [3.05, 3.63) is 0 Å². The average Bonchev–Trinajstić information content (AvgIpc) is 2.52. The molecule has 0 aliphatic heterocycles. The molecule has 8 heteroatoms. The van der Waals surface area contributed by atoms with Crippen LogP contribution in [0.1, 0.15) is 57.8 Å². The normalized spacial score (nSPS) is 16.6. The van der Waals surface area contributed by atoms with Crippen LogP contribution in [0, 0.1) is 0 Å². The van der Waals surface area contributed by atoms with E-state index in [1.807, 2.05) is 0 Å². The highest BCUT2D eigenvalue weighted by Crippen LogP contribution is 2.20. The standard InChI is InChI=1S/C16H30F3N3O.HI/c1-20-15(22-12-10-16(17,18)19)21-11-6-3-7-13-23-14-8-4-2-5-9-14;/h14H,2-13H2,1H3,(H2,20,21,22);1H. The minimum absolute atomic E-state index is 0. The first-order valence-corrected chi connectivity index (χ1v) is 8.64. The van der Waals surface area contributed by atoms with Crippen molar-refractivity contribution < 1.29 is 17.9 Å². The molecule has 0 aromatic heterocycles. The summed E-state index contributed by atoms with van der Waals surface area (Å²) in [6, 6.07) is 0. The van der Waals surface area contributed by atoms with E-state index in [1.165, 1.54) is 32.1 Å². The van der Waals surface area contributed by atoms with Gasteiger partial charge >= 0.3 is 6.18 Å². The van der Waals surface area contributed by atoms with E-state index in [2.05, 4.69) is 15.6 Å². The number of guanidine groups is 1. The second kappa shape index (κ2) is 14.0. The van der Waals surface area contributed by atoms with E-state index in [1.54, 1.807) is 7.05 Å². The van der Waals surface area contributed by atoms with E-state index in [0.717, 1.165) is 25.9 Å². The summed E-state index contributed by atoms with van der Waals surface area (Å²) in [6.45, 7) is 1.36. The van der Waals surface area contributed by atoms with Crippen LogP contribution in [0.4, 0.5) is 13.2 Å². The van der Waals surface area contributed by atoms with Gasteiger partial charge in [0.15, 0.2) is 5.96 Å². The van der Waals surface area contributed by atoms with Gasteiger partial charge in [-0.2, -0.15) is 13.2 Å². The van der Waals surface area contributed by atoms with Crippen LogP contribution in [-0.2, 0) is 4.74 Å². The Bertz CT molecular complexity index is 335. The van der Waals surface area contributed by atoms with Gasteiger partial charge in [0.1, 0.15) is 0 Å². The number of hydrogen-bond donors (Lipinski definition) is 2. The van der Waals surface area contributed by atoms with E-state index in [0.29, 0.717) is 18.6 Å². The summed E-state index contributed by atoms with van der Waals surface area (Å²) in [6.07, 6.45) is 4.79. The van der Waals surface area contributed by atoms with Crippen molar-refractivity contribution in [3.63, 3.8) is 0 Å². The Labute approximate surface area is 160 Å². The number of halogens is 4. The maximum absolute atomic E-state index is 12.1. The molecule has 144 valence electrons. The van der Waals surface area contributed by atoms with Crippen LogP contribution in [0.3, 0.4) is 0 Å². The summed E-state index contributed by atoms with van der Waals surface area (Å²) in [5.74, 6) is 0.424. The van der Waals surface area contributed by atoms with Crippen LogP contribution in [0.25, 0.3) is 0 Å². The van der Waals surface area contributed by atoms with Crippen molar-refractivity contribution in [2.24, 2.45) is 4.99 Å². The van der Waals surface area contributed by atoms with Crippen molar-refractivity contribution in [1.29, 1.82) is 0 Å². The first-order chi connectivity index (χ1) is 11.0. The fourth-order valence-corrected chi connectivity index (χ4v) is 2.64. The lowest BCUT2D eigenvalue weighted by Crippen LogP contribution is -2.39. The van der Waals surface area contributed by atoms with Gasteiger partial charge in [0, 0.05) is 26.7 Å². The predicted octanol–water partition coefficient (Wildman–Crippen LogP) is 4.24. The number of rotatable bonds is 9. The molecule has 1 rings (SSSR count). The van der Waals surface area contributed by atoms with E-state index in [9.17, 15) is 13.2 Å². The summed E-state index contributed by atoms with van der Waals surface area (Å²) < 4.78 is 42.0. The Kier molecular flexibility index (Phi) is 13.8. The molecule has 0 unspecified atom stereocenters. The number of nitrogens with one attached hydrogen (secondary N) is 2. The number of hydrogen-bond acceptors (Lipinski definition) is 2. The molecule has 0 amide bonds. The topological polar surface area (TPSA) is 45.7 Å². The van der Waals surface area contributed by atoms with Gasteiger partial charge in [0.25, 0.3) is 0 Å². The van der Waals surface area contributed by atoms with Gasteiger partial charge in [-0.3, -0.25) is 4.99 Å². The second-order valence-electron chi connectivity index (χ2n) is 5.98.